The van der Waals surface area contributed by atoms with E-state index >= 15 is 0 Å². The minimum atomic E-state index is -4.35. The molecule has 0 unspecified atom stereocenters. The number of nitrogens with zero attached hydrogens (tertiary/aromatic N) is 2. The molecule has 0 aromatic heterocycles. The van der Waals surface area contributed by atoms with Gasteiger partial charge in [0.05, 0.1) is 11.1 Å². The Hall–Kier alpha value is -1.96. The summed E-state index contributed by atoms with van der Waals surface area (Å²) in [5, 5.41) is 8.89. The normalized spacial score (nSPS) is 12.1. The second-order valence-electron chi connectivity index (χ2n) is 3.69. The summed E-state index contributed by atoms with van der Waals surface area (Å²) in [6.45, 7) is 0. The van der Waals surface area contributed by atoms with Crippen LogP contribution in [-0.2, 0) is 6.18 Å². The number of hydrogen-bond donors (Lipinski definition) is 0. The Bertz CT molecular complexity index is 450. The molecule has 0 saturated heterocycles. The summed E-state index contributed by atoms with van der Waals surface area (Å²) in [7, 11) is 3.48. The van der Waals surface area contributed by atoms with Gasteiger partial charge in [0.2, 0.25) is 0 Å². The van der Waals surface area contributed by atoms with Gasteiger partial charge in [-0.2, -0.15) is 18.4 Å². The summed E-state index contributed by atoms with van der Waals surface area (Å²) in [5.74, 6) is 0. The highest BCUT2D eigenvalue weighted by Crippen LogP contribution is 2.29. The third-order valence-electron chi connectivity index (χ3n) is 2.03. The van der Waals surface area contributed by atoms with Crippen molar-refractivity contribution in [3.8, 4) is 6.07 Å². The van der Waals surface area contributed by atoms with Crippen LogP contribution in [0.2, 0.25) is 0 Å². The first-order valence-corrected chi connectivity index (χ1v) is 4.80. The van der Waals surface area contributed by atoms with Gasteiger partial charge in [-0.15, -0.1) is 0 Å². The van der Waals surface area contributed by atoms with Crippen LogP contribution in [0.1, 0.15) is 11.1 Å². The zero-order valence-corrected chi connectivity index (χ0v) is 9.42. The Morgan fingerprint density at radius 2 is 1.76 bits per heavy atom. The van der Waals surface area contributed by atoms with Crippen LogP contribution in [0.25, 0.3) is 5.57 Å². The highest BCUT2D eigenvalue weighted by atomic mass is 19.4. The molecule has 0 fully saturated rings. The standard InChI is InChI=1S/C12H11F3N2/c1-17(2)8-10(7-16)9-3-5-11(6-4-9)12(13,14)15/h3-6,8H,1-2H3. The lowest BCUT2D eigenvalue weighted by Gasteiger charge is -2.09. The summed E-state index contributed by atoms with van der Waals surface area (Å²) >= 11 is 0. The second kappa shape index (κ2) is 4.91. The van der Waals surface area contributed by atoms with Gasteiger partial charge >= 0.3 is 6.18 Å². The number of alkyl halides is 3. The van der Waals surface area contributed by atoms with Gasteiger partial charge in [0.1, 0.15) is 6.07 Å². The Kier molecular flexibility index (Phi) is 3.79. The minimum Gasteiger partial charge on any atom is -0.382 e. The van der Waals surface area contributed by atoms with E-state index in [0.717, 1.165) is 12.1 Å². The molecule has 0 bridgehead atoms. The number of allylic oxidation sites excluding steroid dienone is 1. The smallest absolute Gasteiger partial charge is 0.382 e. The third-order valence-corrected chi connectivity index (χ3v) is 2.03. The highest BCUT2D eigenvalue weighted by Gasteiger charge is 2.29. The monoisotopic (exact) mass is 240 g/mol. The van der Waals surface area contributed by atoms with Crippen molar-refractivity contribution in [2.24, 2.45) is 0 Å². The molecule has 0 amide bonds. The van der Waals surface area contributed by atoms with E-state index in [-0.39, 0.29) is 0 Å². The van der Waals surface area contributed by atoms with Crippen LogP contribution < -0.4 is 0 Å². The van der Waals surface area contributed by atoms with Crippen molar-refractivity contribution in [1.29, 1.82) is 5.26 Å². The van der Waals surface area contributed by atoms with Crippen molar-refractivity contribution in [3.05, 3.63) is 41.6 Å². The van der Waals surface area contributed by atoms with E-state index in [4.69, 9.17) is 5.26 Å². The molecule has 1 rings (SSSR count). The molecule has 17 heavy (non-hydrogen) atoms. The van der Waals surface area contributed by atoms with Crippen LogP contribution in [-0.4, -0.2) is 19.0 Å². The van der Waals surface area contributed by atoms with E-state index in [2.05, 4.69) is 0 Å². The molecule has 0 aliphatic rings. The first-order chi connectivity index (χ1) is 7.84. The lowest BCUT2D eigenvalue weighted by atomic mass is 10.1. The molecule has 1 aromatic carbocycles. The third kappa shape index (κ3) is 3.52. The van der Waals surface area contributed by atoms with Gasteiger partial charge in [0, 0.05) is 20.3 Å². The fourth-order valence-electron chi connectivity index (χ4n) is 1.26. The molecule has 0 radical (unpaired) electrons. The van der Waals surface area contributed by atoms with Crippen LogP contribution in [0.15, 0.2) is 30.5 Å². The molecule has 0 aliphatic carbocycles. The van der Waals surface area contributed by atoms with E-state index in [1.165, 1.54) is 12.1 Å². The molecule has 1 aromatic rings. The number of rotatable bonds is 2. The largest absolute Gasteiger partial charge is 0.416 e. The minimum absolute atomic E-state index is 0.323. The molecule has 5 heteroatoms. The van der Waals surface area contributed by atoms with Crippen LogP contribution in [0.3, 0.4) is 0 Å². The fraction of sp³-hybridized carbons (Fsp3) is 0.250. The van der Waals surface area contributed by atoms with Crippen molar-refractivity contribution in [3.63, 3.8) is 0 Å². The van der Waals surface area contributed by atoms with Crippen LogP contribution in [0.5, 0.6) is 0 Å². The molecule has 0 N–H and O–H groups in total. The SMILES string of the molecule is CN(C)C=C(C#N)c1ccc(C(F)(F)F)cc1. The van der Waals surface area contributed by atoms with Gasteiger partial charge in [-0.3, -0.25) is 0 Å². The fourth-order valence-corrected chi connectivity index (χ4v) is 1.26. The molecule has 0 aliphatic heterocycles. The zero-order valence-electron chi connectivity index (χ0n) is 9.42. The van der Waals surface area contributed by atoms with Gasteiger partial charge in [0.25, 0.3) is 0 Å². The summed E-state index contributed by atoms with van der Waals surface area (Å²) in [5.41, 5.74) is 0.0707. The maximum absolute atomic E-state index is 12.3. The lowest BCUT2D eigenvalue weighted by Crippen LogP contribution is -2.05. The summed E-state index contributed by atoms with van der Waals surface area (Å²) in [6.07, 6.45) is -2.79. The predicted octanol–water partition coefficient (Wildman–Crippen LogP) is 3.13. The van der Waals surface area contributed by atoms with Crippen LogP contribution >= 0.6 is 0 Å². The van der Waals surface area contributed by atoms with E-state index in [1.807, 2.05) is 6.07 Å². The molecule has 0 heterocycles. The number of nitriles is 1. The van der Waals surface area contributed by atoms with Crippen molar-refractivity contribution >= 4 is 5.57 Å². The van der Waals surface area contributed by atoms with E-state index < -0.39 is 11.7 Å². The summed E-state index contributed by atoms with van der Waals surface area (Å²) in [4.78, 5) is 1.66. The average molecular weight is 240 g/mol. The highest BCUT2D eigenvalue weighted by molar-refractivity contribution is 5.76. The van der Waals surface area contributed by atoms with Crippen molar-refractivity contribution in [2.45, 2.75) is 6.18 Å². The Labute approximate surface area is 97.6 Å². The molecular formula is C12H11F3N2. The Morgan fingerprint density at radius 1 is 1.24 bits per heavy atom. The number of benzene rings is 1. The maximum Gasteiger partial charge on any atom is 0.416 e. The zero-order chi connectivity index (χ0) is 13.1. The molecule has 2 nitrogen and oxygen atoms in total. The van der Waals surface area contributed by atoms with E-state index in [1.54, 1.807) is 25.2 Å². The first kappa shape index (κ1) is 13.1. The second-order valence-corrected chi connectivity index (χ2v) is 3.69. The quantitative estimate of drug-likeness (QED) is 0.742. The Balaban J connectivity index is 3.07. The van der Waals surface area contributed by atoms with Gasteiger partial charge in [-0.1, -0.05) is 12.1 Å². The summed E-state index contributed by atoms with van der Waals surface area (Å²) in [6, 6.07) is 6.47. The first-order valence-electron chi connectivity index (χ1n) is 4.80. The predicted molar refractivity (Wildman–Crippen MR) is 58.7 cm³/mol. The topological polar surface area (TPSA) is 27.0 Å². The van der Waals surface area contributed by atoms with Crippen LogP contribution in [0.4, 0.5) is 13.2 Å². The molecule has 0 saturated carbocycles. The molecule has 0 spiro atoms. The van der Waals surface area contributed by atoms with Crippen LogP contribution in [0, 0.1) is 11.3 Å². The lowest BCUT2D eigenvalue weighted by molar-refractivity contribution is -0.137. The van der Waals surface area contributed by atoms with Gasteiger partial charge in [0.15, 0.2) is 0 Å². The molecule has 90 valence electrons. The molecule has 0 atom stereocenters. The van der Waals surface area contributed by atoms with E-state index in [9.17, 15) is 13.2 Å². The summed E-state index contributed by atoms with van der Waals surface area (Å²) < 4.78 is 37.0. The molecular weight excluding hydrogens is 229 g/mol. The van der Waals surface area contributed by atoms with E-state index in [0.29, 0.717) is 11.1 Å². The Morgan fingerprint density at radius 3 is 2.12 bits per heavy atom. The van der Waals surface area contributed by atoms with Gasteiger partial charge in [-0.05, 0) is 17.7 Å². The van der Waals surface area contributed by atoms with Crippen molar-refractivity contribution in [1.82, 2.24) is 4.90 Å². The number of hydrogen-bond acceptors (Lipinski definition) is 2. The van der Waals surface area contributed by atoms with Gasteiger partial charge < -0.3 is 4.90 Å². The number of halogens is 3. The average Bonchev–Trinajstić information content (AvgIpc) is 2.24. The van der Waals surface area contributed by atoms with Gasteiger partial charge in [-0.25, -0.2) is 0 Å². The maximum atomic E-state index is 12.3. The van der Waals surface area contributed by atoms with Crippen molar-refractivity contribution < 1.29 is 13.2 Å². The van der Waals surface area contributed by atoms with Crippen molar-refractivity contribution in [2.75, 3.05) is 14.1 Å².